The van der Waals surface area contributed by atoms with Crippen LogP contribution in [0, 0.1) is 0 Å². The molecule has 8 nitrogen and oxygen atoms in total. The fourth-order valence-corrected chi connectivity index (χ4v) is 4.10. The number of nitrogens with zero attached hydrogens (tertiary/aromatic N) is 1. The average Bonchev–Trinajstić information content (AvgIpc) is 2.78. The van der Waals surface area contributed by atoms with Crippen LogP contribution in [-0.2, 0) is 23.1 Å². The number of carbonyl (C=O) groups excluding carboxylic acids is 1. The number of aliphatic hydroxyl groups excluding tert-OH is 1. The van der Waals surface area contributed by atoms with Crippen molar-refractivity contribution in [3.05, 3.63) is 12.2 Å². The second kappa shape index (κ2) is 21.3. The molecule has 35 heavy (non-hydrogen) atoms. The summed E-state index contributed by atoms with van der Waals surface area (Å²) < 4.78 is 27.4. The van der Waals surface area contributed by atoms with Crippen molar-refractivity contribution in [1.29, 1.82) is 0 Å². The van der Waals surface area contributed by atoms with Crippen molar-refractivity contribution in [2.24, 2.45) is 0 Å². The number of hydrogen-bond donors (Lipinski definition) is 2. The molecule has 0 fully saturated rings. The highest BCUT2D eigenvalue weighted by molar-refractivity contribution is 7.47. The summed E-state index contributed by atoms with van der Waals surface area (Å²) in [5.74, 6) is -0.441. The average molecular weight is 523 g/mol. The number of rotatable bonds is 24. The van der Waals surface area contributed by atoms with E-state index in [9.17, 15) is 19.4 Å². The minimum absolute atomic E-state index is 0.0519. The summed E-state index contributed by atoms with van der Waals surface area (Å²) in [5, 5.41) is 9.38. The Balaban J connectivity index is 3.75. The number of unbranched alkanes of at least 4 members (excludes halogenated alkanes) is 11. The number of phosphoric acid groups is 1. The summed E-state index contributed by atoms with van der Waals surface area (Å²) in [5.41, 5.74) is 0. The van der Waals surface area contributed by atoms with Gasteiger partial charge in [0.15, 0.2) is 0 Å². The van der Waals surface area contributed by atoms with Crippen molar-refractivity contribution in [1.82, 2.24) is 0 Å². The predicted molar refractivity (Wildman–Crippen MR) is 141 cm³/mol. The predicted octanol–water partition coefficient (Wildman–Crippen LogP) is 5.77. The third kappa shape index (κ3) is 24.7. The third-order valence-corrected chi connectivity index (χ3v) is 6.57. The fourth-order valence-electron chi connectivity index (χ4n) is 3.35. The van der Waals surface area contributed by atoms with Gasteiger partial charge in [-0.15, -0.1) is 0 Å². The Morgan fingerprint density at radius 1 is 0.886 bits per heavy atom. The number of hydrogen-bond acceptors (Lipinski definition) is 6. The molecule has 0 heterocycles. The lowest BCUT2D eigenvalue weighted by atomic mass is 10.1. The Morgan fingerprint density at radius 2 is 1.43 bits per heavy atom. The standard InChI is InChI=1S/C26H52NO7P/c1-5-6-7-8-9-10-11-12-13-14-15-16-17-18-19-20-26(29)34-25(23-28)24-33-35(30,31)32-22-21-27(2,3)4/h12-13,25,28H,5-11,14-24H2,1-4H3/p+1. The zero-order valence-electron chi connectivity index (χ0n) is 22.8. The molecule has 0 aliphatic rings. The smallest absolute Gasteiger partial charge is 0.457 e. The third-order valence-electron chi connectivity index (χ3n) is 5.58. The highest BCUT2D eigenvalue weighted by atomic mass is 31.2. The Morgan fingerprint density at radius 3 is 1.97 bits per heavy atom. The first-order chi connectivity index (χ1) is 16.6. The van der Waals surface area contributed by atoms with Crippen molar-refractivity contribution < 1.29 is 37.6 Å². The van der Waals surface area contributed by atoms with E-state index in [0.29, 0.717) is 11.0 Å². The van der Waals surface area contributed by atoms with E-state index in [-0.39, 0.29) is 13.0 Å². The minimum atomic E-state index is -4.26. The maximum atomic E-state index is 12.0. The van der Waals surface area contributed by atoms with Crippen molar-refractivity contribution in [3.8, 4) is 0 Å². The van der Waals surface area contributed by atoms with Gasteiger partial charge in [0, 0.05) is 6.42 Å². The Hall–Kier alpha value is -0.760. The van der Waals surface area contributed by atoms with E-state index in [4.69, 9.17) is 13.8 Å². The second-order valence-electron chi connectivity index (χ2n) is 10.2. The summed E-state index contributed by atoms with van der Waals surface area (Å²) in [4.78, 5) is 21.7. The lowest BCUT2D eigenvalue weighted by Crippen LogP contribution is -2.37. The van der Waals surface area contributed by atoms with Crippen LogP contribution in [0.1, 0.15) is 96.8 Å². The normalized spacial score (nSPS) is 14.8. The van der Waals surface area contributed by atoms with Crippen molar-refractivity contribution >= 4 is 13.8 Å². The zero-order chi connectivity index (χ0) is 26.4. The number of allylic oxidation sites excluding steroid dienone is 2. The van der Waals surface area contributed by atoms with Gasteiger partial charge in [0.2, 0.25) is 0 Å². The van der Waals surface area contributed by atoms with Crippen LogP contribution >= 0.6 is 7.82 Å². The Kier molecular flexibility index (Phi) is 20.9. The molecule has 0 saturated carbocycles. The van der Waals surface area contributed by atoms with Gasteiger partial charge in [-0.3, -0.25) is 13.8 Å². The largest absolute Gasteiger partial charge is 0.472 e. The molecule has 0 aliphatic carbocycles. The molecule has 2 N–H and O–H groups in total. The topological polar surface area (TPSA) is 102 Å². The lowest BCUT2D eigenvalue weighted by molar-refractivity contribution is -0.870. The van der Waals surface area contributed by atoms with Crippen molar-refractivity contribution in [2.75, 3.05) is 47.5 Å². The number of esters is 1. The van der Waals surface area contributed by atoms with Crippen molar-refractivity contribution in [3.63, 3.8) is 0 Å². The van der Waals surface area contributed by atoms with Crippen LogP contribution in [0.2, 0.25) is 0 Å². The van der Waals surface area contributed by atoms with Gasteiger partial charge in [-0.1, -0.05) is 70.4 Å². The highest BCUT2D eigenvalue weighted by Crippen LogP contribution is 2.43. The summed E-state index contributed by atoms with van der Waals surface area (Å²) >= 11 is 0. The molecule has 0 aromatic heterocycles. The van der Waals surface area contributed by atoms with Crippen molar-refractivity contribution in [2.45, 2.75) is 103 Å². The first-order valence-corrected chi connectivity index (χ1v) is 15.0. The Bertz CT molecular complexity index is 593. The highest BCUT2D eigenvalue weighted by Gasteiger charge is 2.25. The Labute approximate surface area is 214 Å². The minimum Gasteiger partial charge on any atom is -0.457 e. The molecule has 0 radical (unpaired) electrons. The van der Waals surface area contributed by atoms with Crippen LogP contribution in [0.5, 0.6) is 0 Å². The van der Waals surface area contributed by atoms with Crippen LogP contribution in [0.3, 0.4) is 0 Å². The summed E-state index contributed by atoms with van der Waals surface area (Å²) in [7, 11) is 1.54. The molecule has 0 aromatic carbocycles. The molecule has 0 amide bonds. The molecule has 208 valence electrons. The van der Waals surface area contributed by atoms with E-state index in [1.807, 2.05) is 21.1 Å². The van der Waals surface area contributed by atoms with E-state index >= 15 is 0 Å². The fraction of sp³-hybridized carbons (Fsp3) is 0.885. The van der Waals surface area contributed by atoms with E-state index in [1.54, 1.807) is 0 Å². The molecule has 2 unspecified atom stereocenters. The van der Waals surface area contributed by atoms with Crippen LogP contribution in [0.4, 0.5) is 0 Å². The maximum absolute atomic E-state index is 12.0. The molecule has 0 bridgehead atoms. The molecule has 0 rings (SSSR count). The SMILES string of the molecule is CCCCCCCCC=CCCCCCCCC(=O)OC(CO)COP(=O)(O)OCC[N+](C)(C)C. The molecular weight excluding hydrogens is 469 g/mol. The van der Waals surface area contributed by atoms with Gasteiger partial charge in [0.05, 0.1) is 34.4 Å². The van der Waals surface area contributed by atoms with Gasteiger partial charge in [-0.2, -0.15) is 0 Å². The molecule has 0 aliphatic heterocycles. The number of likely N-dealkylation sites (N-methyl/N-ethyl adjacent to an activating group) is 1. The zero-order valence-corrected chi connectivity index (χ0v) is 23.7. The molecule has 0 spiro atoms. The van der Waals surface area contributed by atoms with Gasteiger partial charge >= 0.3 is 13.8 Å². The van der Waals surface area contributed by atoms with Gasteiger partial charge in [-0.05, 0) is 32.1 Å². The molecule has 0 aromatic rings. The van der Waals surface area contributed by atoms with Crippen LogP contribution in [-0.4, -0.2) is 74.1 Å². The monoisotopic (exact) mass is 522 g/mol. The van der Waals surface area contributed by atoms with E-state index < -0.39 is 33.1 Å². The molecular formula is C26H53NO7P+. The molecule has 9 heteroatoms. The maximum Gasteiger partial charge on any atom is 0.472 e. The van der Waals surface area contributed by atoms with Crippen LogP contribution in [0.25, 0.3) is 0 Å². The lowest BCUT2D eigenvalue weighted by Gasteiger charge is -2.24. The van der Waals surface area contributed by atoms with Gasteiger partial charge < -0.3 is 19.2 Å². The van der Waals surface area contributed by atoms with Gasteiger partial charge in [0.1, 0.15) is 19.3 Å². The van der Waals surface area contributed by atoms with E-state index in [2.05, 4.69) is 19.1 Å². The number of phosphoric ester groups is 1. The number of quaternary nitrogens is 1. The number of carbonyl (C=O) groups is 1. The molecule has 0 saturated heterocycles. The number of aliphatic hydroxyl groups is 1. The van der Waals surface area contributed by atoms with E-state index in [0.717, 1.165) is 32.1 Å². The van der Waals surface area contributed by atoms with E-state index in [1.165, 1.54) is 51.4 Å². The number of ether oxygens (including phenoxy) is 1. The molecule has 2 atom stereocenters. The second-order valence-corrected chi connectivity index (χ2v) is 11.7. The van der Waals surface area contributed by atoms with Gasteiger partial charge in [0.25, 0.3) is 0 Å². The summed E-state index contributed by atoms with van der Waals surface area (Å²) in [6, 6.07) is 0. The van der Waals surface area contributed by atoms with Gasteiger partial charge in [-0.25, -0.2) is 4.57 Å². The first-order valence-electron chi connectivity index (χ1n) is 13.5. The summed E-state index contributed by atoms with van der Waals surface area (Å²) in [6.45, 7) is 1.94. The first kappa shape index (κ1) is 34.2. The quantitative estimate of drug-likeness (QED) is 0.0546. The van der Waals surface area contributed by atoms with Crippen LogP contribution < -0.4 is 0 Å². The summed E-state index contributed by atoms with van der Waals surface area (Å²) in [6.07, 6.45) is 19.2. The van der Waals surface area contributed by atoms with Crippen LogP contribution in [0.15, 0.2) is 12.2 Å².